The average Bonchev–Trinajstić information content (AvgIpc) is 2.48. The summed E-state index contributed by atoms with van der Waals surface area (Å²) in [6, 6.07) is 10.0. The summed E-state index contributed by atoms with van der Waals surface area (Å²) in [7, 11) is 0. The predicted octanol–water partition coefficient (Wildman–Crippen LogP) is 4.34. The van der Waals surface area contributed by atoms with E-state index in [2.05, 4.69) is 5.32 Å². The standard InChI is InChI=1S/C17H16F3NO2/c1-11-5-3-6-12(2)16(11)21-15(22)10-23-14-8-4-7-13(9-14)17(18,19)20/h3-9H,10H2,1-2H3,(H,21,22). The van der Waals surface area contributed by atoms with Crippen LogP contribution >= 0.6 is 0 Å². The van der Waals surface area contributed by atoms with Crippen molar-refractivity contribution in [2.45, 2.75) is 20.0 Å². The molecule has 1 amide bonds. The number of alkyl halides is 3. The van der Waals surface area contributed by atoms with Gasteiger partial charge < -0.3 is 10.1 Å². The van der Waals surface area contributed by atoms with Crippen LogP contribution in [-0.2, 0) is 11.0 Å². The second-order valence-corrected chi connectivity index (χ2v) is 5.13. The summed E-state index contributed by atoms with van der Waals surface area (Å²) in [6.07, 6.45) is -4.44. The Morgan fingerprint density at radius 3 is 2.30 bits per heavy atom. The maximum Gasteiger partial charge on any atom is 0.416 e. The number of benzene rings is 2. The van der Waals surface area contributed by atoms with Crippen molar-refractivity contribution in [3.63, 3.8) is 0 Å². The van der Waals surface area contributed by atoms with E-state index < -0.39 is 17.6 Å². The topological polar surface area (TPSA) is 38.3 Å². The van der Waals surface area contributed by atoms with E-state index in [1.54, 1.807) is 0 Å². The molecule has 3 nitrogen and oxygen atoms in total. The summed E-state index contributed by atoms with van der Waals surface area (Å²) in [6.45, 7) is 3.35. The molecule has 0 radical (unpaired) electrons. The summed E-state index contributed by atoms with van der Waals surface area (Å²) in [5.41, 5.74) is 1.67. The third-order valence-electron chi connectivity index (χ3n) is 3.28. The Labute approximate surface area is 132 Å². The van der Waals surface area contributed by atoms with Crippen LogP contribution in [0.25, 0.3) is 0 Å². The van der Waals surface area contributed by atoms with Crippen LogP contribution in [0, 0.1) is 13.8 Å². The van der Waals surface area contributed by atoms with Crippen LogP contribution in [0.15, 0.2) is 42.5 Å². The van der Waals surface area contributed by atoms with Crippen LogP contribution < -0.4 is 10.1 Å². The zero-order valence-electron chi connectivity index (χ0n) is 12.7. The minimum Gasteiger partial charge on any atom is -0.484 e. The SMILES string of the molecule is Cc1cccc(C)c1NC(=O)COc1cccc(C(F)(F)F)c1. The molecule has 0 aliphatic heterocycles. The fourth-order valence-corrected chi connectivity index (χ4v) is 2.10. The number of hydrogen-bond donors (Lipinski definition) is 1. The molecule has 122 valence electrons. The molecule has 6 heteroatoms. The van der Waals surface area contributed by atoms with E-state index in [1.165, 1.54) is 12.1 Å². The number of halogens is 3. The van der Waals surface area contributed by atoms with E-state index in [1.807, 2.05) is 32.0 Å². The minimum absolute atomic E-state index is 0.00326. The van der Waals surface area contributed by atoms with Crippen LogP contribution in [0.1, 0.15) is 16.7 Å². The lowest BCUT2D eigenvalue weighted by Crippen LogP contribution is -2.21. The number of rotatable bonds is 4. The summed E-state index contributed by atoms with van der Waals surface area (Å²) in [4.78, 5) is 11.9. The zero-order chi connectivity index (χ0) is 17.0. The van der Waals surface area contributed by atoms with Crippen molar-refractivity contribution >= 4 is 11.6 Å². The zero-order valence-corrected chi connectivity index (χ0v) is 12.7. The van der Waals surface area contributed by atoms with Gasteiger partial charge in [-0.1, -0.05) is 24.3 Å². The Kier molecular flexibility index (Phi) is 4.93. The largest absolute Gasteiger partial charge is 0.484 e. The maximum absolute atomic E-state index is 12.6. The van der Waals surface area contributed by atoms with E-state index in [0.29, 0.717) is 5.69 Å². The van der Waals surface area contributed by atoms with Crippen molar-refractivity contribution < 1.29 is 22.7 Å². The molecular weight excluding hydrogens is 307 g/mol. The van der Waals surface area contributed by atoms with Crippen molar-refractivity contribution in [3.05, 3.63) is 59.2 Å². The molecule has 1 N–H and O–H groups in total. The third-order valence-corrected chi connectivity index (χ3v) is 3.28. The fraction of sp³-hybridized carbons (Fsp3) is 0.235. The lowest BCUT2D eigenvalue weighted by molar-refractivity contribution is -0.137. The number of hydrogen-bond acceptors (Lipinski definition) is 2. The molecular formula is C17H16F3NO2. The first-order chi connectivity index (χ1) is 10.8. The van der Waals surface area contributed by atoms with Crippen LogP contribution in [0.2, 0.25) is 0 Å². The number of carbonyl (C=O) groups is 1. The first-order valence-electron chi connectivity index (χ1n) is 6.93. The van der Waals surface area contributed by atoms with Gasteiger partial charge in [0.25, 0.3) is 5.91 Å². The Morgan fingerprint density at radius 2 is 1.70 bits per heavy atom. The van der Waals surface area contributed by atoms with Crippen LogP contribution in [0.3, 0.4) is 0 Å². The lowest BCUT2D eigenvalue weighted by atomic mass is 10.1. The van der Waals surface area contributed by atoms with Gasteiger partial charge in [-0.3, -0.25) is 4.79 Å². The van der Waals surface area contributed by atoms with Crippen molar-refractivity contribution in [3.8, 4) is 5.75 Å². The van der Waals surface area contributed by atoms with Crippen molar-refractivity contribution in [2.24, 2.45) is 0 Å². The van der Waals surface area contributed by atoms with Crippen LogP contribution in [-0.4, -0.2) is 12.5 Å². The van der Waals surface area contributed by atoms with Gasteiger partial charge >= 0.3 is 6.18 Å². The second-order valence-electron chi connectivity index (χ2n) is 5.13. The summed E-state index contributed by atoms with van der Waals surface area (Å²) in [5.74, 6) is -0.434. The highest BCUT2D eigenvalue weighted by Crippen LogP contribution is 2.31. The highest BCUT2D eigenvalue weighted by molar-refractivity contribution is 5.93. The summed E-state index contributed by atoms with van der Waals surface area (Å²) in [5, 5.41) is 2.71. The molecule has 2 rings (SSSR count). The Balaban J connectivity index is 2.00. The van der Waals surface area contributed by atoms with E-state index >= 15 is 0 Å². The number of aryl methyl sites for hydroxylation is 2. The fourth-order valence-electron chi connectivity index (χ4n) is 2.10. The quantitative estimate of drug-likeness (QED) is 0.909. The van der Waals surface area contributed by atoms with Gasteiger partial charge in [-0.25, -0.2) is 0 Å². The molecule has 0 heterocycles. The van der Waals surface area contributed by atoms with Gasteiger partial charge in [-0.15, -0.1) is 0 Å². The molecule has 0 saturated heterocycles. The highest BCUT2D eigenvalue weighted by Gasteiger charge is 2.30. The van der Waals surface area contributed by atoms with Gasteiger partial charge in [0.05, 0.1) is 5.56 Å². The molecule has 0 spiro atoms. The van der Waals surface area contributed by atoms with E-state index in [4.69, 9.17) is 4.74 Å². The molecule has 0 aliphatic carbocycles. The number of para-hydroxylation sites is 1. The monoisotopic (exact) mass is 323 g/mol. The van der Waals surface area contributed by atoms with Crippen molar-refractivity contribution in [1.82, 2.24) is 0 Å². The number of carbonyl (C=O) groups excluding carboxylic acids is 1. The van der Waals surface area contributed by atoms with Crippen LogP contribution in [0.5, 0.6) is 5.75 Å². The first-order valence-corrected chi connectivity index (χ1v) is 6.93. The normalized spacial score (nSPS) is 11.2. The molecule has 2 aromatic rings. The average molecular weight is 323 g/mol. The van der Waals surface area contributed by atoms with Gasteiger partial charge in [0.1, 0.15) is 5.75 Å². The summed E-state index contributed by atoms with van der Waals surface area (Å²) >= 11 is 0. The van der Waals surface area contributed by atoms with Crippen molar-refractivity contribution in [2.75, 3.05) is 11.9 Å². The number of amides is 1. The van der Waals surface area contributed by atoms with Crippen molar-refractivity contribution in [1.29, 1.82) is 0 Å². The molecule has 0 fully saturated rings. The van der Waals surface area contributed by atoms with E-state index in [0.717, 1.165) is 23.3 Å². The Bertz CT molecular complexity index is 691. The molecule has 23 heavy (non-hydrogen) atoms. The van der Waals surface area contributed by atoms with E-state index in [9.17, 15) is 18.0 Å². The molecule has 2 aromatic carbocycles. The third kappa shape index (κ3) is 4.48. The summed E-state index contributed by atoms with van der Waals surface area (Å²) < 4.78 is 43.0. The molecule has 0 atom stereocenters. The molecule has 0 aromatic heterocycles. The van der Waals surface area contributed by atoms with Gasteiger partial charge in [0.15, 0.2) is 6.61 Å². The molecule has 0 saturated carbocycles. The second kappa shape index (κ2) is 6.73. The number of anilines is 1. The van der Waals surface area contributed by atoms with E-state index in [-0.39, 0.29) is 12.4 Å². The van der Waals surface area contributed by atoms with Gasteiger partial charge in [0.2, 0.25) is 0 Å². The number of ether oxygens (including phenoxy) is 1. The highest BCUT2D eigenvalue weighted by atomic mass is 19.4. The Morgan fingerprint density at radius 1 is 1.09 bits per heavy atom. The van der Waals surface area contributed by atoms with Gasteiger partial charge in [-0.05, 0) is 43.2 Å². The lowest BCUT2D eigenvalue weighted by Gasteiger charge is -2.13. The molecule has 0 aliphatic rings. The smallest absolute Gasteiger partial charge is 0.416 e. The Hall–Kier alpha value is -2.50. The van der Waals surface area contributed by atoms with Gasteiger partial charge in [0, 0.05) is 5.69 Å². The van der Waals surface area contributed by atoms with Crippen LogP contribution in [0.4, 0.5) is 18.9 Å². The maximum atomic E-state index is 12.6. The minimum atomic E-state index is -4.44. The first kappa shape index (κ1) is 16.9. The number of nitrogens with one attached hydrogen (secondary N) is 1. The van der Waals surface area contributed by atoms with Gasteiger partial charge in [-0.2, -0.15) is 13.2 Å². The molecule has 0 unspecified atom stereocenters. The predicted molar refractivity (Wildman–Crippen MR) is 81.5 cm³/mol. The molecule has 0 bridgehead atoms.